The summed E-state index contributed by atoms with van der Waals surface area (Å²) in [6, 6.07) is 0. The van der Waals surface area contributed by atoms with Crippen LogP contribution >= 0.6 is 24.2 Å². The maximum absolute atomic E-state index is 11.2. The monoisotopic (exact) mass is 256 g/mol. The van der Waals surface area contributed by atoms with Crippen molar-refractivity contribution in [2.45, 2.75) is 12.2 Å². The van der Waals surface area contributed by atoms with Crippen molar-refractivity contribution in [3.05, 3.63) is 0 Å². The van der Waals surface area contributed by atoms with Crippen molar-refractivity contribution >= 4 is 30.1 Å². The van der Waals surface area contributed by atoms with Crippen LogP contribution in [-0.2, 0) is 9.53 Å². The van der Waals surface area contributed by atoms with Gasteiger partial charge >= 0.3 is 0 Å². The molecule has 4 nitrogen and oxygen atoms in total. The smallest absolute Gasteiger partial charge is 0.233 e. The van der Waals surface area contributed by atoms with E-state index in [2.05, 4.69) is 17.6 Å². The molecule has 1 atom stereocenters. The molecule has 0 rings (SSSR count). The number of thioether (sulfide) groups is 1. The summed E-state index contributed by atoms with van der Waals surface area (Å²) in [6.45, 7) is 4.52. The molecule has 15 heavy (non-hydrogen) atoms. The number of hydrogen-bond acceptors (Lipinski definition) is 4. The predicted molar refractivity (Wildman–Crippen MR) is 68.0 cm³/mol. The minimum absolute atomic E-state index is 0. The fourth-order valence-electron chi connectivity index (χ4n) is 0.780. The van der Waals surface area contributed by atoms with Crippen LogP contribution < -0.4 is 10.6 Å². The van der Waals surface area contributed by atoms with Gasteiger partial charge in [-0.1, -0.05) is 6.92 Å². The zero-order valence-electron chi connectivity index (χ0n) is 9.54. The molecule has 0 aliphatic heterocycles. The minimum Gasteiger partial charge on any atom is -0.383 e. The third-order valence-electron chi connectivity index (χ3n) is 1.76. The Balaban J connectivity index is 0. The second-order valence-corrected chi connectivity index (χ2v) is 4.30. The highest BCUT2D eigenvalue weighted by Gasteiger charge is 2.02. The van der Waals surface area contributed by atoms with E-state index in [0.29, 0.717) is 24.9 Å². The van der Waals surface area contributed by atoms with E-state index >= 15 is 0 Å². The summed E-state index contributed by atoms with van der Waals surface area (Å²) in [5.74, 6) is 0.0435. The molecule has 0 saturated carbocycles. The van der Waals surface area contributed by atoms with Crippen molar-refractivity contribution in [2.24, 2.45) is 0 Å². The van der Waals surface area contributed by atoms with E-state index in [4.69, 9.17) is 4.74 Å². The molecule has 0 bridgehead atoms. The molecule has 0 fully saturated rings. The lowest BCUT2D eigenvalue weighted by Crippen LogP contribution is -2.37. The van der Waals surface area contributed by atoms with Gasteiger partial charge in [-0.2, -0.15) is 11.8 Å². The molecule has 92 valence electrons. The Bertz CT molecular complexity index is 161. The van der Waals surface area contributed by atoms with Crippen LogP contribution in [0.15, 0.2) is 0 Å². The lowest BCUT2D eigenvalue weighted by Gasteiger charge is -2.10. The average molecular weight is 257 g/mol. The number of carbonyl (C=O) groups excluding carboxylic acids is 1. The van der Waals surface area contributed by atoms with Crippen LogP contribution in [0.2, 0.25) is 0 Å². The van der Waals surface area contributed by atoms with Gasteiger partial charge in [0.05, 0.1) is 13.2 Å². The van der Waals surface area contributed by atoms with Crippen LogP contribution in [0.1, 0.15) is 6.92 Å². The van der Waals surface area contributed by atoms with E-state index in [1.165, 1.54) is 0 Å². The molecule has 0 aliphatic rings. The topological polar surface area (TPSA) is 50.4 Å². The summed E-state index contributed by atoms with van der Waals surface area (Å²) in [7, 11) is 1.64. The first-order valence-electron chi connectivity index (χ1n) is 4.69. The summed E-state index contributed by atoms with van der Waals surface area (Å²) in [5, 5.41) is 6.30. The van der Waals surface area contributed by atoms with Crippen LogP contribution in [0.4, 0.5) is 0 Å². The van der Waals surface area contributed by atoms with Gasteiger partial charge in [0.15, 0.2) is 0 Å². The van der Waals surface area contributed by atoms with Gasteiger partial charge in [-0.15, -0.1) is 12.4 Å². The largest absolute Gasteiger partial charge is 0.383 e. The molecule has 0 aromatic rings. The Morgan fingerprint density at radius 3 is 2.73 bits per heavy atom. The maximum atomic E-state index is 11.2. The van der Waals surface area contributed by atoms with Crippen LogP contribution in [0.25, 0.3) is 0 Å². The second-order valence-electron chi connectivity index (χ2n) is 3.02. The summed E-state index contributed by atoms with van der Waals surface area (Å²) in [6.07, 6.45) is 2.04. The Kier molecular flexibility index (Phi) is 14.1. The van der Waals surface area contributed by atoms with E-state index in [-0.39, 0.29) is 18.3 Å². The fourth-order valence-corrected chi connectivity index (χ4v) is 1.03. The highest BCUT2D eigenvalue weighted by Crippen LogP contribution is 2.01. The second kappa shape index (κ2) is 12.1. The normalized spacial score (nSPS) is 11.7. The quantitative estimate of drug-likeness (QED) is 0.622. The van der Waals surface area contributed by atoms with Crippen molar-refractivity contribution in [3.8, 4) is 0 Å². The number of hydrogen-bond donors (Lipinski definition) is 2. The van der Waals surface area contributed by atoms with Crippen LogP contribution in [0.3, 0.4) is 0 Å². The van der Waals surface area contributed by atoms with Gasteiger partial charge in [-0.25, -0.2) is 0 Å². The van der Waals surface area contributed by atoms with Gasteiger partial charge in [0.2, 0.25) is 5.91 Å². The van der Waals surface area contributed by atoms with E-state index in [0.717, 1.165) is 6.54 Å². The molecule has 0 spiro atoms. The number of rotatable bonds is 8. The number of nitrogens with one attached hydrogen (secondary N) is 2. The third-order valence-corrected chi connectivity index (χ3v) is 2.73. The van der Waals surface area contributed by atoms with Crippen molar-refractivity contribution in [1.82, 2.24) is 10.6 Å². The number of methoxy groups -OCH3 is 1. The van der Waals surface area contributed by atoms with Crippen molar-refractivity contribution in [1.29, 1.82) is 0 Å². The Morgan fingerprint density at radius 1 is 1.53 bits per heavy atom. The minimum atomic E-state index is 0. The molecule has 0 heterocycles. The molecule has 0 radical (unpaired) electrons. The van der Waals surface area contributed by atoms with Crippen molar-refractivity contribution in [2.75, 3.05) is 39.6 Å². The van der Waals surface area contributed by atoms with Crippen LogP contribution in [0, 0.1) is 0 Å². The summed E-state index contributed by atoms with van der Waals surface area (Å²) in [4.78, 5) is 11.2. The summed E-state index contributed by atoms with van der Waals surface area (Å²) >= 11 is 1.74. The molecule has 1 unspecified atom stereocenters. The predicted octanol–water partition coefficient (Wildman–Crippen LogP) is 0.512. The van der Waals surface area contributed by atoms with Crippen molar-refractivity contribution < 1.29 is 9.53 Å². The van der Waals surface area contributed by atoms with Gasteiger partial charge in [-0.05, 0) is 6.26 Å². The lowest BCUT2D eigenvalue weighted by atomic mass is 10.4. The highest BCUT2D eigenvalue weighted by molar-refractivity contribution is 7.99. The van der Waals surface area contributed by atoms with E-state index in [1.807, 2.05) is 6.26 Å². The fraction of sp³-hybridized carbons (Fsp3) is 0.889. The molecule has 0 saturated heterocycles. The molecule has 0 aromatic heterocycles. The molecule has 0 aromatic carbocycles. The highest BCUT2D eigenvalue weighted by atomic mass is 35.5. The Morgan fingerprint density at radius 2 is 2.20 bits per heavy atom. The van der Waals surface area contributed by atoms with Gasteiger partial charge in [0.25, 0.3) is 0 Å². The molecule has 2 N–H and O–H groups in total. The first kappa shape index (κ1) is 17.4. The van der Waals surface area contributed by atoms with Gasteiger partial charge in [0, 0.05) is 25.4 Å². The van der Waals surface area contributed by atoms with Gasteiger partial charge in [-0.3, -0.25) is 4.79 Å². The number of halogens is 1. The average Bonchev–Trinajstić information content (AvgIpc) is 2.21. The first-order valence-corrected chi connectivity index (χ1v) is 5.98. The Hall–Kier alpha value is 0.0300. The molecule has 6 heteroatoms. The first-order chi connectivity index (χ1) is 6.70. The third kappa shape index (κ3) is 12.0. The standard InChI is InChI=1S/C9H20N2O2S.ClH/c1-8(14-3)6-11-9(12)7-10-4-5-13-2;/h8,10H,4-7H2,1-3H3,(H,11,12);1H. The van der Waals surface area contributed by atoms with E-state index in [9.17, 15) is 4.79 Å². The van der Waals surface area contributed by atoms with E-state index < -0.39 is 0 Å². The van der Waals surface area contributed by atoms with Crippen molar-refractivity contribution in [3.63, 3.8) is 0 Å². The molecular formula is C9H21ClN2O2S. The number of amides is 1. The zero-order chi connectivity index (χ0) is 10.8. The molecular weight excluding hydrogens is 236 g/mol. The number of carbonyl (C=O) groups is 1. The van der Waals surface area contributed by atoms with Crippen LogP contribution in [-0.4, -0.2) is 50.8 Å². The SMILES string of the molecule is COCCNCC(=O)NCC(C)SC.Cl. The summed E-state index contributed by atoms with van der Waals surface area (Å²) in [5.41, 5.74) is 0. The van der Waals surface area contributed by atoms with Gasteiger partial charge < -0.3 is 15.4 Å². The van der Waals surface area contributed by atoms with Gasteiger partial charge in [0.1, 0.15) is 0 Å². The molecule has 1 amide bonds. The zero-order valence-corrected chi connectivity index (χ0v) is 11.2. The lowest BCUT2D eigenvalue weighted by molar-refractivity contribution is -0.120. The van der Waals surface area contributed by atoms with Crippen LogP contribution in [0.5, 0.6) is 0 Å². The van der Waals surface area contributed by atoms with E-state index in [1.54, 1.807) is 18.9 Å². The molecule has 0 aliphatic carbocycles. The number of ether oxygens (including phenoxy) is 1. The summed E-state index contributed by atoms with van der Waals surface area (Å²) < 4.78 is 4.84. The Labute approximate surface area is 102 Å². The maximum Gasteiger partial charge on any atom is 0.233 e.